The van der Waals surface area contributed by atoms with Crippen LogP contribution in [0, 0.1) is 11.8 Å². The van der Waals surface area contributed by atoms with Crippen molar-refractivity contribution < 1.29 is 22.1 Å². The van der Waals surface area contributed by atoms with Crippen LogP contribution in [0.25, 0.3) is 0 Å². The van der Waals surface area contributed by atoms with E-state index in [1.165, 1.54) is 18.9 Å². The lowest BCUT2D eigenvalue weighted by atomic mass is 9.51. The molecule has 1 aromatic heterocycles. The Hall–Kier alpha value is -1.83. The lowest BCUT2D eigenvalue weighted by Crippen LogP contribution is -2.63. The maximum atomic E-state index is 11.9. The van der Waals surface area contributed by atoms with E-state index in [1.54, 1.807) is 6.20 Å². The molecule has 168 valence electrons. The third kappa shape index (κ3) is 3.24. The summed E-state index contributed by atoms with van der Waals surface area (Å²) in [4.78, 5) is 16.3. The maximum absolute atomic E-state index is 11.9. The van der Waals surface area contributed by atoms with Crippen LogP contribution in [-0.2, 0) is 19.6 Å². The lowest BCUT2D eigenvalue weighted by molar-refractivity contribution is -0.185. The first kappa shape index (κ1) is 19.8. The largest absolute Gasteiger partial charge is 0.459 e. The molecule has 31 heavy (non-hydrogen) atoms. The number of carbonyl (C=O) groups is 1. The third-order valence-electron chi connectivity index (χ3n) is 8.37. The van der Waals surface area contributed by atoms with Crippen molar-refractivity contribution >= 4 is 21.8 Å². The maximum Gasteiger partial charge on any atom is 0.307 e. The molecule has 0 spiro atoms. The number of carbonyl (C=O) groups excluding carboxylic acids is 1. The summed E-state index contributed by atoms with van der Waals surface area (Å²) in [6.07, 6.45) is 12.3. The van der Waals surface area contributed by atoms with Gasteiger partial charge in [0, 0.05) is 24.4 Å². The highest BCUT2D eigenvalue weighted by molar-refractivity contribution is 7.86. The van der Waals surface area contributed by atoms with Crippen LogP contribution in [0.1, 0.15) is 87.7 Å². The van der Waals surface area contributed by atoms with E-state index in [9.17, 15) is 13.2 Å². The first-order valence-electron chi connectivity index (χ1n) is 11.5. The number of hydrogen-bond acceptors (Lipinski definition) is 7. The Morgan fingerprint density at radius 3 is 2.42 bits per heavy atom. The Bertz CT molecular complexity index is 1050. The molecule has 1 heterocycles. The molecule has 6 aliphatic rings. The van der Waals surface area contributed by atoms with Crippen molar-refractivity contribution in [3.63, 3.8) is 0 Å². The zero-order valence-corrected chi connectivity index (χ0v) is 19.0. The SMILES string of the molecule is CC(=O)OC12CC3CC(CC(Nc4cnc(OS(C)(=O)=O)c5c4C4CCC5C4)(C3)C1)C2. The van der Waals surface area contributed by atoms with Crippen LogP contribution in [0.2, 0.25) is 0 Å². The fourth-order valence-electron chi connectivity index (χ4n) is 8.21. The van der Waals surface area contributed by atoms with Crippen LogP contribution >= 0.6 is 0 Å². The average Bonchev–Trinajstić information content (AvgIpc) is 3.22. The van der Waals surface area contributed by atoms with Gasteiger partial charge in [-0.1, -0.05) is 0 Å². The topological polar surface area (TPSA) is 94.6 Å². The van der Waals surface area contributed by atoms with Gasteiger partial charge in [0.2, 0.25) is 5.88 Å². The van der Waals surface area contributed by atoms with E-state index in [0.717, 1.165) is 68.9 Å². The van der Waals surface area contributed by atoms with Crippen molar-refractivity contribution in [3.8, 4) is 5.88 Å². The minimum absolute atomic E-state index is 0.0873. The molecule has 1 N–H and O–H groups in total. The summed E-state index contributed by atoms with van der Waals surface area (Å²) in [7, 11) is -3.62. The Balaban J connectivity index is 1.37. The Labute approximate surface area is 183 Å². The number of hydrogen-bond donors (Lipinski definition) is 1. The molecule has 6 aliphatic carbocycles. The van der Waals surface area contributed by atoms with Gasteiger partial charge in [0.1, 0.15) is 5.60 Å². The second kappa shape index (κ2) is 6.36. The first-order chi connectivity index (χ1) is 14.6. The zero-order chi connectivity index (χ0) is 21.6. The molecular formula is C23H30N2O5S. The van der Waals surface area contributed by atoms with Gasteiger partial charge in [-0.25, -0.2) is 4.98 Å². The molecule has 7 rings (SSSR count). The van der Waals surface area contributed by atoms with Crippen LogP contribution in [0.15, 0.2) is 6.20 Å². The Kier molecular flexibility index (Phi) is 4.07. The van der Waals surface area contributed by atoms with E-state index in [2.05, 4.69) is 10.3 Å². The molecule has 0 radical (unpaired) electrons. The van der Waals surface area contributed by atoms with Gasteiger partial charge in [0.15, 0.2) is 0 Å². The number of aromatic nitrogens is 1. The minimum Gasteiger partial charge on any atom is -0.459 e. The second-order valence-corrected chi connectivity index (χ2v) is 12.5. The van der Waals surface area contributed by atoms with Crippen molar-refractivity contribution in [2.75, 3.05) is 11.6 Å². The highest BCUT2D eigenvalue weighted by Crippen LogP contribution is 2.62. The molecule has 0 saturated heterocycles. The number of rotatable bonds is 5. The molecule has 0 amide bonds. The molecule has 5 saturated carbocycles. The van der Waals surface area contributed by atoms with E-state index in [0.29, 0.717) is 23.7 Å². The van der Waals surface area contributed by atoms with Crippen molar-refractivity contribution in [3.05, 3.63) is 17.3 Å². The molecule has 6 bridgehead atoms. The van der Waals surface area contributed by atoms with Gasteiger partial charge in [-0.2, -0.15) is 8.42 Å². The van der Waals surface area contributed by atoms with Crippen molar-refractivity contribution in [1.29, 1.82) is 0 Å². The van der Waals surface area contributed by atoms with Gasteiger partial charge in [0.05, 0.1) is 18.1 Å². The van der Waals surface area contributed by atoms with E-state index in [1.807, 2.05) is 0 Å². The number of esters is 1. The molecule has 4 atom stereocenters. The third-order valence-corrected chi connectivity index (χ3v) is 8.83. The summed E-state index contributed by atoms with van der Waals surface area (Å²) >= 11 is 0. The zero-order valence-electron chi connectivity index (χ0n) is 18.1. The quantitative estimate of drug-likeness (QED) is 0.542. The fourth-order valence-corrected chi connectivity index (χ4v) is 8.63. The molecule has 7 nitrogen and oxygen atoms in total. The van der Waals surface area contributed by atoms with Crippen molar-refractivity contribution in [2.24, 2.45) is 11.8 Å². The van der Waals surface area contributed by atoms with E-state index in [4.69, 9.17) is 8.92 Å². The van der Waals surface area contributed by atoms with Gasteiger partial charge in [-0.05, 0) is 80.6 Å². The van der Waals surface area contributed by atoms with Gasteiger partial charge >= 0.3 is 16.1 Å². The van der Waals surface area contributed by atoms with E-state index < -0.39 is 10.1 Å². The summed E-state index contributed by atoms with van der Waals surface area (Å²) in [5, 5.41) is 3.90. The summed E-state index contributed by atoms with van der Waals surface area (Å²) < 4.78 is 34.8. The number of ether oxygens (including phenoxy) is 1. The van der Waals surface area contributed by atoms with Gasteiger partial charge in [-0.15, -0.1) is 0 Å². The highest BCUT2D eigenvalue weighted by Gasteiger charge is 2.60. The lowest BCUT2D eigenvalue weighted by Gasteiger charge is -2.61. The second-order valence-electron chi connectivity index (χ2n) is 10.9. The Morgan fingerprint density at radius 2 is 1.77 bits per heavy atom. The fraction of sp³-hybridized carbons (Fsp3) is 0.739. The smallest absolute Gasteiger partial charge is 0.307 e. The molecule has 4 unspecified atom stereocenters. The predicted molar refractivity (Wildman–Crippen MR) is 115 cm³/mol. The highest BCUT2D eigenvalue weighted by atomic mass is 32.2. The normalized spacial score (nSPS) is 39.4. The summed E-state index contributed by atoms with van der Waals surface area (Å²) in [5.74, 6) is 2.01. The van der Waals surface area contributed by atoms with Gasteiger partial charge < -0.3 is 14.2 Å². The molecule has 5 fully saturated rings. The number of fused-ring (bicyclic) bond motifs is 5. The molecule has 0 aliphatic heterocycles. The number of nitrogens with one attached hydrogen (secondary N) is 1. The monoisotopic (exact) mass is 446 g/mol. The van der Waals surface area contributed by atoms with Crippen LogP contribution in [0.4, 0.5) is 5.69 Å². The summed E-state index contributed by atoms with van der Waals surface area (Å²) in [6, 6.07) is 0. The van der Waals surface area contributed by atoms with Crippen molar-refractivity contribution in [1.82, 2.24) is 4.98 Å². The van der Waals surface area contributed by atoms with Crippen molar-refractivity contribution in [2.45, 2.75) is 87.7 Å². The van der Waals surface area contributed by atoms with Gasteiger partial charge in [0.25, 0.3) is 0 Å². The van der Waals surface area contributed by atoms with Crippen LogP contribution < -0.4 is 9.50 Å². The standard InChI is InChI=1S/C23H30N2O5S/c1-13(26)29-23-9-14-5-15(10-23)8-22(7-14,12-23)25-18-11-24-21(30-31(2,27)28)20-17-4-3-16(6-17)19(18)20/h11,14-17,25H,3-10,12H2,1-2H3. The van der Waals surface area contributed by atoms with Crippen LogP contribution in [0.3, 0.4) is 0 Å². The minimum atomic E-state index is -3.62. The van der Waals surface area contributed by atoms with Crippen LogP contribution in [0.5, 0.6) is 5.88 Å². The van der Waals surface area contributed by atoms with Crippen LogP contribution in [-0.4, -0.2) is 36.8 Å². The molecule has 1 aromatic rings. The summed E-state index contributed by atoms with van der Waals surface area (Å²) in [5.41, 5.74) is 2.81. The molecular weight excluding hydrogens is 416 g/mol. The first-order valence-corrected chi connectivity index (χ1v) is 13.3. The number of anilines is 1. The molecule has 0 aromatic carbocycles. The summed E-state index contributed by atoms with van der Waals surface area (Å²) in [6.45, 7) is 1.52. The van der Waals surface area contributed by atoms with E-state index in [-0.39, 0.29) is 23.0 Å². The number of nitrogens with zero attached hydrogens (tertiary/aromatic N) is 1. The van der Waals surface area contributed by atoms with E-state index >= 15 is 0 Å². The number of pyridine rings is 1. The molecule has 8 heteroatoms. The average molecular weight is 447 g/mol. The predicted octanol–water partition coefficient (Wildman–Crippen LogP) is 3.85. The van der Waals surface area contributed by atoms with Gasteiger partial charge in [-0.3, -0.25) is 4.79 Å². The Morgan fingerprint density at radius 1 is 1.10 bits per heavy atom.